The van der Waals surface area contributed by atoms with Crippen molar-refractivity contribution in [3.8, 4) is 0 Å². The molecule has 84 heavy (non-hydrogen) atoms. The Bertz CT molecular complexity index is 1680. The number of phosphoric acid groups is 2. The first kappa shape index (κ1) is 82.1. The second-order valence-corrected chi connectivity index (χ2v) is 28.1. The highest BCUT2D eigenvalue weighted by Gasteiger charge is 2.30. The fourth-order valence-electron chi connectivity index (χ4n) is 9.57. The van der Waals surface area contributed by atoms with Gasteiger partial charge >= 0.3 is 39.5 Å². The molecule has 0 heterocycles. The Labute approximate surface area is 511 Å². The van der Waals surface area contributed by atoms with Crippen LogP contribution >= 0.6 is 15.6 Å². The molecule has 0 aromatic carbocycles. The second kappa shape index (κ2) is 55.2. The summed E-state index contributed by atoms with van der Waals surface area (Å²) in [4.78, 5) is 72.2. The Morgan fingerprint density at radius 2 is 0.571 bits per heavy atom. The number of hydrogen-bond donors (Lipinski definition) is 3. The Kier molecular flexibility index (Phi) is 53.9. The number of hydrogen-bond acceptors (Lipinski definition) is 15. The topological polar surface area (TPSA) is 237 Å². The van der Waals surface area contributed by atoms with Gasteiger partial charge in [-0.3, -0.25) is 37.3 Å². The summed E-state index contributed by atoms with van der Waals surface area (Å²) in [5.74, 6) is 0.755. The van der Waals surface area contributed by atoms with Crippen LogP contribution in [0.25, 0.3) is 0 Å². The molecule has 19 heteroatoms. The molecule has 498 valence electrons. The minimum atomic E-state index is -4.95. The van der Waals surface area contributed by atoms with E-state index < -0.39 is 97.5 Å². The minimum Gasteiger partial charge on any atom is -0.462 e. The zero-order chi connectivity index (χ0) is 62.5. The maximum atomic E-state index is 13.0. The molecule has 0 bridgehead atoms. The average molecular weight is 1240 g/mol. The summed E-state index contributed by atoms with van der Waals surface area (Å²) in [5.41, 5.74) is 0. The molecule has 0 fully saturated rings. The van der Waals surface area contributed by atoms with Crippen molar-refractivity contribution >= 4 is 39.5 Å². The number of ether oxygens (including phenoxy) is 4. The van der Waals surface area contributed by atoms with E-state index in [1.807, 2.05) is 0 Å². The van der Waals surface area contributed by atoms with Gasteiger partial charge < -0.3 is 33.8 Å². The van der Waals surface area contributed by atoms with Crippen molar-refractivity contribution in [1.29, 1.82) is 0 Å². The van der Waals surface area contributed by atoms with Crippen LogP contribution in [0.5, 0.6) is 0 Å². The molecule has 17 nitrogen and oxygen atoms in total. The SMILES string of the molecule is CCC(C)CCCCCCCCC(=O)O[C@H](COC(=O)CCCCCCCCCC(C)C)COP(=O)(O)OCC(O)COP(=O)(O)OC[C@@H](COC(=O)CCCCCCCCCC(C)C)OC(=O)CCCCCCCCCCCCCC(C)C. The quantitative estimate of drug-likeness (QED) is 0.0222. The molecule has 4 unspecified atom stereocenters. The van der Waals surface area contributed by atoms with Crippen molar-refractivity contribution in [3.63, 3.8) is 0 Å². The van der Waals surface area contributed by atoms with E-state index in [2.05, 4.69) is 55.4 Å². The van der Waals surface area contributed by atoms with Crippen LogP contribution in [0.3, 0.4) is 0 Å². The fourth-order valence-corrected chi connectivity index (χ4v) is 11.2. The van der Waals surface area contributed by atoms with Gasteiger partial charge in [-0.05, 0) is 49.4 Å². The van der Waals surface area contributed by atoms with Crippen LogP contribution in [0.4, 0.5) is 0 Å². The highest BCUT2D eigenvalue weighted by molar-refractivity contribution is 7.47. The number of carbonyl (C=O) groups excluding carboxylic acids is 4. The van der Waals surface area contributed by atoms with Crippen molar-refractivity contribution in [2.24, 2.45) is 23.7 Å². The second-order valence-electron chi connectivity index (χ2n) is 25.2. The van der Waals surface area contributed by atoms with Gasteiger partial charge in [0, 0.05) is 25.7 Å². The van der Waals surface area contributed by atoms with Gasteiger partial charge in [-0.25, -0.2) is 9.13 Å². The van der Waals surface area contributed by atoms with E-state index in [0.29, 0.717) is 37.5 Å². The molecule has 0 rings (SSSR count). The van der Waals surface area contributed by atoms with Crippen LogP contribution in [0, 0.1) is 23.7 Å². The highest BCUT2D eigenvalue weighted by atomic mass is 31.2. The zero-order valence-corrected chi connectivity index (χ0v) is 56.3. The van der Waals surface area contributed by atoms with E-state index in [9.17, 15) is 43.2 Å². The van der Waals surface area contributed by atoms with E-state index in [1.165, 1.54) is 103 Å². The number of aliphatic hydroxyl groups excluding tert-OH is 1. The predicted octanol–water partition coefficient (Wildman–Crippen LogP) is 17.8. The molecular formula is C65H126O17P2. The molecule has 0 aliphatic rings. The lowest BCUT2D eigenvalue weighted by atomic mass is 10.00. The minimum absolute atomic E-state index is 0.101. The lowest BCUT2D eigenvalue weighted by Gasteiger charge is -2.21. The normalized spacial score (nSPS) is 14.7. The Hall–Kier alpha value is -1.94. The summed E-state index contributed by atoms with van der Waals surface area (Å²) in [6.45, 7) is 13.9. The summed E-state index contributed by atoms with van der Waals surface area (Å²) >= 11 is 0. The van der Waals surface area contributed by atoms with Crippen molar-refractivity contribution in [2.75, 3.05) is 39.6 Å². The van der Waals surface area contributed by atoms with Crippen LogP contribution in [-0.4, -0.2) is 96.7 Å². The van der Waals surface area contributed by atoms with E-state index in [4.69, 9.17) is 37.0 Å². The number of phosphoric ester groups is 2. The first-order valence-electron chi connectivity index (χ1n) is 33.7. The van der Waals surface area contributed by atoms with Crippen molar-refractivity contribution in [2.45, 2.75) is 331 Å². The van der Waals surface area contributed by atoms with Crippen LogP contribution < -0.4 is 0 Å². The molecule has 0 aliphatic carbocycles. The van der Waals surface area contributed by atoms with Crippen LogP contribution in [0.15, 0.2) is 0 Å². The molecule has 0 aliphatic heterocycles. The molecule has 0 aromatic rings. The Balaban J connectivity index is 5.25. The lowest BCUT2D eigenvalue weighted by Crippen LogP contribution is -2.30. The monoisotopic (exact) mass is 1240 g/mol. The number of esters is 4. The molecule has 0 amide bonds. The van der Waals surface area contributed by atoms with Crippen LogP contribution in [-0.2, 0) is 65.4 Å². The van der Waals surface area contributed by atoms with Gasteiger partial charge in [0.2, 0.25) is 0 Å². The van der Waals surface area contributed by atoms with Gasteiger partial charge in [0.15, 0.2) is 12.2 Å². The smallest absolute Gasteiger partial charge is 0.462 e. The first-order chi connectivity index (χ1) is 40.1. The van der Waals surface area contributed by atoms with Crippen LogP contribution in [0.1, 0.15) is 312 Å². The van der Waals surface area contributed by atoms with Gasteiger partial charge in [0.25, 0.3) is 0 Å². The molecule has 6 atom stereocenters. The van der Waals surface area contributed by atoms with Gasteiger partial charge in [0.05, 0.1) is 26.4 Å². The van der Waals surface area contributed by atoms with E-state index >= 15 is 0 Å². The maximum absolute atomic E-state index is 13.0. The molecule has 0 radical (unpaired) electrons. The van der Waals surface area contributed by atoms with Gasteiger partial charge in [-0.1, -0.05) is 261 Å². The summed E-state index contributed by atoms with van der Waals surface area (Å²) < 4.78 is 68.0. The van der Waals surface area contributed by atoms with Crippen LogP contribution in [0.2, 0.25) is 0 Å². The first-order valence-corrected chi connectivity index (χ1v) is 36.7. The summed E-state index contributed by atoms with van der Waals surface area (Å²) in [7, 11) is -9.89. The number of unbranched alkanes of at least 4 members (excludes halogenated alkanes) is 27. The van der Waals surface area contributed by atoms with Gasteiger partial charge in [0.1, 0.15) is 19.3 Å². The van der Waals surface area contributed by atoms with Gasteiger partial charge in [-0.15, -0.1) is 0 Å². The van der Waals surface area contributed by atoms with Gasteiger partial charge in [-0.2, -0.15) is 0 Å². The van der Waals surface area contributed by atoms with Crippen molar-refractivity contribution in [1.82, 2.24) is 0 Å². The largest absolute Gasteiger partial charge is 0.472 e. The summed E-state index contributed by atoms with van der Waals surface area (Å²) in [5, 5.41) is 10.5. The number of rotatable bonds is 62. The standard InChI is InChI=1S/C65H126O17P2/c1-9-58(8)44-36-28-23-24-32-40-48-65(70)82-61(52-76-63(68)46-38-30-22-16-19-27-35-43-57(6)7)54-80-84(73,74)78-50-59(66)49-77-83(71,72)79-53-60(51-75-62(67)45-37-29-21-15-18-26-34-42-56(4)5)81-64(69)47-39-31-20-14-12-10-11-13-17-25-33-41-55(2)3/h55-61,66H,9-54H2,1-8H3,(H,71,72)(H,73,74)/t58?,59?,60-,61-/m1/s1. The maximum Gasteiger partial charge on any atom is 0.472 e. The van der Waals surface area contributed by atoms with E-state index in [1.54, 1.807) is 0 Å². The predicted molar refractivity (Wildman–Crippen MR) is 335 cm³/mol. The number of carbonyl (C=O) groups is 4. The number of aliphatic hydroxyl groups is 1. The Morgan fingerprint density at radius 3 is 0.845 bits per heavy atom. The summed E-state index contributed by atoms with van der Waals surface area (Å²) in [6, 6.07) is 0. The van der Waals surface area contributed by atoms with E-state index in [0.717, 1.165) is 115 Å². The van der Waals surface area contributed by atoms with Crippen molar-refractivity contribution < 1.29 is 80.2 Å². The van der Waals surface area contributed by atoms with E-state index in [-0.39, 0.29) is 25.7 Å². The third kappa shape index (κ3) is 57.8. The highest BCUT2D eigenvalue weighted by Crippen LogP contribution is 2.45. The lowest BCUT2D eigenvalue weighted by molar-refractivity contribution is -0.161. The van der Waals surface area contributed by atoms with Crippen molar-refractivity contribution in [3.05, 3.63) is 0 Å². The Morgan fingerprint density at radius 1 is 0.333 bits per heavy atom. The fraction of sp³-hybridized carbons (Fsp3) is 0.938. The molecular weight excluding hydrogens is 1110 g/mol. The molecule has 0 saturated heterocycles. The third-order valence-electron chi connectivity index (χ3n) is 15.2. The third-order valence-corrected chi connectivity index (χ3v) is 17.1. The molecule has 0 saturated carbocycles. The zero-order valence-electron chi connectivity index (χ0n) is 54.5. The molecule has 0 aromatic heterocycles. The summed E-state index contributed by atoms with van der Waals surface area (Å²) in [6.07, 6.45) is 35.0. The molecule has 3 N–H and O–H groups in total. The molecule has 0 spiro atoms. The average Bonchev–Trinajstić information content (AvgIpc) is 3.53.